The molecule has 0 bridgehead atoms. The van der Waals surface area contributed by atoms with E-state index >= 15 is 0 Å². The van der Waals surface area contributed by atoms with Crippen molar-refractivity contribution in [3.63, 3.8) is 0 Å². The predicted molar refractivity (Wildman–Crippen MR) is 154 cm³/mol. The number of benzene rings is 2. The molecule has 2 N–H and O–H groups in total. The number of nitrogens with zero attached hydrogens (tertiary/aromatic N) is 1. The predicted octanol–water partition coefficient (Wildman–Crippen LogP) is 5.84. The summed E-state index contributed by atoms with van der Waals surface area (Å²) in [6, 6.07) is 14.0. The van der Waals surface area contributed by atoms with Crippen molar-refractivity contribution in [3.8, 4) is 0 Å². The zero-order chi connectivity index (χ0) is 28.9. The molecular formula is C32H45N3O4. The van der Waals surface area contributed by atoms with Gasteiger partial charge >= 0.3 is 6.09 Å². The fourth-order valence-corrected chi connectivity index (χ4v) is 4.94. The monoisotopic (exact) mass is 535 g/mol. The van der Waals surface area contributed by atoms with Crippen LogP contribution in [0.1, 0.15) is 82.7 Å². The molecule has 39 heavy (non-hydrogen) atoms. The Hall–Kier alpha value is -3.35. The van der Waals surface area contributed by atoms with Gasteiger partial charge in [0.15, 0.2) is 0 Å². The lowest BCUT2D eigenvalue weighted by Gasteiger charge is -2.36. The van der Waals surface area contributed by atoms with Crippen LogP contribution in [0.4, 0.5) is 4.79 Å². The Morgan fingerprint density at radius 3 is 2.15 bits per heavy atom. The molecule has 5 unspecified atom stereocenters. The fourth-order valence-electron chi connectivity index (χ4n) is 4.94. The number of carbonyl (C=O) groups is 3. The number of rotatable bonds is 10. The van der Waals surface area contributed by atoms with Gasteiger partial charge in [-0.25, -0.2) is 4.79 Å². The summed E-state index contributed by atoms with van der Waals surface area (Å²) < 4.78 is 5.50. The first-order chi connectivity index (χ1) is 18.3. The van der Waals surface area contributed by atoms with Gasteiger partial charge in [-0.1, -0.05) is 86.8 Å². The van der Waals surface area contributed by atoms with Gasteiger partial charge in [-0.2, -0.15) is 0 Å². The summed E-state index contributed by atoms with van der Waals surface area (Å²) in [5.74, 6) is -0.405. The Labute approximate surface area is 233 Å². The van der Waals surface area contributed by atoms with Crippen molar-refractivity contribution in [2.24, 2.45) is 11.8 Å². The molecule has 2 aromatic carbocycles. The largest absolute Gasteiger partial charge is 0.444 e. The van der Waals surface area contributed by atoms with Gasteiger partial charge in [0.1, 0.15) is 17.7 Å². The van der Waals surface area contributed by atoms with Crippen LogP contribution in [-0.4, -0.2) is 40.5 Å². The average molecular weight is 536 g/mol. The number of amides is 3. The molecule has 7 nitrogen and oxygen atoms in total. The highest BCUT2D eigenvalue weighted by atomic mass is 16.6. The number of alkyl carbamates (subject to hydrolysis) is 1. The van der Waals surface area contributed by atoms with E-state index in [0.29, 0.717) is 13.0 Å². The second-order valence-corrected chi connectivity index (χ2v) is 12.1. The van der Waals surface area contributed by atoms with E-state index in [2.05, 4.69) is 23.6 Å². The lowest BCUT2D eigenvalue weighted by atomic mass is 9.94. The molecule has 0 spiro atoms. The van der Waals surface area contributed by atoms with Gasteiger partial charge in [0.2, 0.25) is 11.8 Å². The Balaban J connectivity index is 2.02. The minimum Gasteiger partial charge on any atom is -0.444 e. The summed E-state index contributed by atoms with van der Waals surface area (Å²) in [4.78, 5) is 42.9. The summed E-state index contributed by atoms with van der Waals surface area (Å²) in [5.41, 5.74) is 3.09. The van der Waals surface area contributed by atoms with Crippen LogP contribution in [0.25, 0.3) is 0 Å². The molecule has 7 heteroatoms. The Morgan fingerprint density at radius 1 is 1.05 bits per heavy atom. The molecule has 0 saturated heterocycles. The highest BCUT2D eigenvalue weighted by molar-refractivity contribution is 5.93. The van der Waals surface area contributed by atoms with E-state index in [4.69, 9.17) is 4.74 Å². The summed E-state index contributed by atoms with van der Waals surface area (Å²) in [5, 5.41) is 5.92. The second kappa shape index (κ2) is 12.7. The maximum absolute atomic E-state index is 14.4. The summed E-state index contributed by atoms with van der Waals surface area (Å²) in [6.07, 6.45) is 0.842. The molecule has 1 aliphatic rings. The molecule has 3 amide bonds. The van der Waals surface area contributed by atoms with Crippen LogP contribution in [0.15, 0.2) is 48.5 Å². The molecule has 5 atom stereocenters. The van der Waals surface area contributed by atoms with Crippen LogP contribution in [0.5, 0.6) is 0 Å². The van der Waals surface area contributed by atoms with Crippen molar-refractivity contribution in [3.05, 3.63) is 70.8 Å². The number of hydrogen-bond acceptors (Lipinski definition) is 4. The number of carbonyl (C=O) groups excluding carboxylic acids is 3. The number of hydrogen-bond donors (Lipinski definition) is 2. The highest BCUT2D eigenvalue weighted by Gasteiger charge is 2.48. The third-order valence-electron chi connectivity index (χ3n) is 7.23. The molecule has 212 valence electrons. The van der Waals surface area contributed by atoms with Crippen molar-refractivity contribution >= 4 is 17.9 Å². The molecule has 0 aromatic heterocycles. The third kappa shape index (κ3) is 8.32. The lowest BCUT2D eigenvalue weighted by Crippen LogP contribution is -2.56. The first-order valence-electron chi connectivity index (χ1n) is 14.0. The molecule has 0 aliphatic heterocycles. The minimum atomic E-state index is -0.832. The van der Waals surface area contributed by atoms with Crippen molar-refractivity contribution < 1.29 is 19.1 Å². The minimum absolute atomic E-state index is 0.0993. The number of aryl methyl sites for hydroxylation is 2. The molecular weight excluding hydrogens is 490 g/mol. The zero-order valence-electron chi connectivity index (χ0n) is 24.7. The van der Waals surface area contributed by atoms with E-state index in [-0.39, 0.29) is 29.7 Å². The quantitative estimate of drug-likeness (QED) is 0.400. The Bertz CT molecular complexity index is 1140. The van der Waals surface area contributed by atoms with Crippen molar-refractivity contribution in [2.75, 3.05) is 0 Å². The maximum atomic E-state index is 14.4. The van der Waals surface area contributed by atoms with Gasteiger partial charge < -0.3 is 20.3 Å². The summed E-state index contributed by atoms with van der Waals surface area (Å²) >= 11 is 0. The Kier molecular flexibility index (Phi) is 9.81. The van der Waals surface area contributed by atoms with E-state index in [9.17, 15) is 14.4 Å². The average Bonchev–Trinajstić information content (AvgIpc) is 3.57. The number of nitrogens with one attached hydrogen (secondary N) is 2. The second-order valence-electron chi connectivity index (χ2n) is 12.1. The molecule has 0 heterocycles. The molecule has 2 aromatic rings. The first-order valence-corrected chi connectivity index (χ1v) is 14.0. The van der Waals surface area contributed by atoms with Crippen molar-refractivity contribution in [1.29, 1.82) is 0 Å². The van der Waals surface area contributed by atoms with Gasteiger partial charge in [-0.15, -0.1) is 0 Å². The number of ether oxygens (including phenoxy) is 1. The van der Waals surface area contributed by atoms with Gasteiger partial charge in [-0.3, -0.25) is 9.59 Å². The van der Waals surface area contributed by atoms with E-state index in [0.717, 1.165) is 28.7 Å². The highest BCUT2D eigenvalue weighted by Crippen LogP contribution is 2.41. The van der Waals surface area contributed by atoms with E-state index in [1.54, 1.807) is 25.7 Å². The molecule has 1 saturated carbocycles. The normalized spacial score (nSPS) is 18.9. The first kappa shape index (κ1) is 30.2. The van der Waals surface area contributed by atoms with Crippen LogP contribution in [-0.2, 0) is 20.9 Å². The Morgan fingerprint density at radius 2 is 1.64 bits per heavy atom. The third-order valence-corrected chi connectivity index (χ3v) is 7.23. The molecule has 1 aliphatic carbocycles. The van der Waals surface area contributed by atoms with Crippen LogP contribution < -0.4 is 10.6 Å². The van der Waals surface area contributed by atoms with Crippen LogP contribution in [0.2, 0.25) is 0 Å². The molecule has 1 fully saturated rings. The van der Waals surface area contributed by atoms with Gasteiger partial charge in [0.05, 0.1) is 0 Å². The molecule has 3 rings (SSSR count). The fraction of sp³-hybridized carbons (Fsp3) is 0.531. The van der Waals surface area contributed by atoms with Crippen molar-refractivity contribution in [2.45, 2.75) is 98.5 Å². The van der Waals surface area contributed by atoms with Crippen LogP contribution >= 0.6 is 0 Å². The smallest absolute Gasteiger partial charge is 0.408 e. The SMILES string of the molecule is CCC(C)C(NC(=O)OC(C)(C)C)C(=O)N(C(C(=O)NCc1ccccc1)c1cc(C)cc(C)c1)C1CC1C. The van der Waals surface area contributed by atoms with E-state index in [1.807, 2.05) is 70.2 Å². The van der Waals surface area contributed by atoms with Crippen molar-refractivity contribution in [1.82, 2.24) is 15.5 Å². The van der Waals surface area contributed by atoms with Crippen LogP contribution in [0, 0.1) is 25.7 Å². The standard InChI is InChI=1S/C32H45N3O4/c1-9-22(4)27(34-31(38)39-32(6,7)8)30(37)35(26-18-23(26)5)28(25-16-20(2)15-21(3)17-25)29(36)33-19-24-13-11-10-12-14-24/h10-17,22-23,26-28H,9,18-19H2,1-8H3,(H,33,36)(H,34,38). The zero-order valence-corrected chi connectivity index (χ0v) is 24.7. The van der Waals surface area contributed by atoms with Gasteiger partial charge in [0, 0.05) is 12.6 Å². The maximum Gasteiger partial charge on any atom is 0.408 e. The summed E-state index contributed by atoms with van der Waals surface area (Å²) in [7, 11) is 0. The van der Waals surface area contributed by atoms with Crippen LogP contribution in [0.3, 0.4) is 0 Å². The van der Waals surface area contributed by atoms with Gasteiger partial charge in [0.25, 0.3) is 0 Å². The summed E-state index contributed by atoms with van der Waals surface area (Å²) in [6.45, 7) is 15.7. The lowest BCUT2D eigenvalue weighted by molar-refractivity contribution is -0.144. The molecule has 0 radical (unpaired) electrons. The van der Waals surface area contributed by atoms with E-state index in [1.165, 1.54) is 0 Å². The topological polar surface area (TPSA) is 87.7 Å². The van der Waals surface area contributed by atoms with E-state index < -0.39 is 23.8 Å². The van der Waals surface area contributed by atoms with Gasteiger partial charge in [-0.05, 0) is 64.0 Å².